The minimum Gasteiger partial charge on any atom is -0.463 e. The van der Waals surface area contributed by atoms with Gasteiger partial charge in [-0.25, -0.2) is 0 Å². The third-order valence-electron chi connectivity index (χ3n) is 6.93. The van der Waals surface area contributed by atoms with Crippen LogP contribution < -0.4 is 5.32 Å². The van der Waals surface area contributed by atoms with Gasteiger partial charge in [0.1, 0.15) is 6.10 Å². The average molecular weight is 428 g/mol. The third-order valence-corrected chi connectivity index (χ3v) is 6.93. The summed E-state index contributed by atoms with van der Waals surface area (Å²) in [6.45, 7) is 15.7. The molecule has 0 rings (SSSR count). The lowest BCUT2D eigenvalue weighted by molar-refractivity contribution is -0.146. The first-order valence-corrected chi connectivity index (χ1v) is 12.5. The molecule has 4 nitrogen and oxygen atoms in total. The number of unbranched alkanes of at least 4 members (excludes halogenated alkanes) is 1. The van der Waals surface area contributed by atoms with E-state index in [2.05, 4.69) is 33.0 Å². The first kappa shape index (κ1) is 29.4. The molecule has 30 heavy (non-hydrogen) atoms. The zero-order valence-electron chi connectivity index (χ0n) is 21.5. The second-order valence-corrected chi connectivity index (χ2v) is 10.6. The Labute approximate surface area is 187 Å². The van der Waals surface area contributed by atoms with Gasteiger partial charge in [-0.1, -0.05) is 59.8 Å². The van der Waals surface area contributed by atoms with E-state index in [1.807, 2.05) is 20.9 Å². The molecule has 0 aromatic carbocycles. The number of hydrogen-bond acceptors (Lipinski definition) is 4. The molecule has 0 aromatic heterocycles. The van der Waals surface area contributed by atoms with Crippen molar-refractivity contribution in [2.45, 2.75) is 131 Å². The Morgan fingerprint density at radius 2 is 1.60 bits per heavy atom. The zero-order valence-corrected chi connectivity index (χ0v) is 21.5. The Bertz CT molecular complexity index is 442. The van der Waals surface area contributed by atoms with Crippen LogP contribution >= 0.6 is 0 Å². The summed E-state index contributed by atoms with van der Waals surface area (Å²) in [4.78, 5) is 11.3. The molecular formula is C26H53NO3. The van der Waals surface area contributed by atoms with Crippen molar-refractivity contribution in [2.24, 2.45) is 17.3 Å². The van der Waals surface area contributed by atoms with Crippen LogP contribution in [0.1, 0.15) is 119 Å². The first-order chi connectivity index (χ1) is 14.0. The Hall–Kier alpha value is -0.610. The number of esters is 1. The van der Waals surface area contributed by atoms with Gasteiger partial charge in [0.2, 0.25) is 0 Å². The summed E-state index contributed by atoms with van der Waals surface area (Å²) in [6.07, 6.45) is 12.3. The molecule has 2 N–H and O–H groups in total. The summed E-state index contributed by atoms with van der Waals surface area (Å²) in [7, 11) is 2.02. The highest BCUT2D eigenvalue weighted by molar-refractivity contribution is 5.66. The van der Waals surface area contributed by atoms with Crippen molar-refractivity contribution in [3.05, 3.63) is 0 Å². The monoisotopic (exact) mass is 427 g/mol. The van der Waals surface area contributed by atoms with Crippen LogP contribution in [0.15, 0.2) is 0 Å². The maximum Gasteiger partial charge on any atom is 0.302 e. The molecule has 0 bridgehead atoms. The average Bonchev–Trinajstić information content (AvgIpc) is 2.65. The highest BCUT2D eigenvalue weighted by Crippen LogP contribution is 2.43. The normalized spacial score (nSPS) is 15.6. The predicted octanol–water partition coefficient (Wildman–Crippen LogP) is 6.50. The molecule has 0 amide bonds. The lowest BCUT2D eigenvalue weighted by Gasteiger charge is -2.40. The van der Waals surface area contributed by atoms with Gasteiger partial charge in [0.25, 0.3) is 0 Å². The fourth-order valence-corrected chi connectivity index (χ4v) is 4.73. The van der Waals surface area contributed by atoms with Gasteiger partial charge in [-0.2, -0.15) is 0 Å². The summed E-state index contributed by atoms with van der Waals surface area (Å²) < 4.78 is 5.47. The number of nitrogens with one attached hydrogen (secondary N) is 1. The predicted molar refractivity (Wildman–Crippen MR) is 129 cm³/mol. The van der Waals surface area contributed by atoms with Crippen LogP contribution in [0.3, 0.4) is 0 Å². The fourth-order valence-electron chi connectivity index (χ4n) is 4.73. The zero-order chi connectivity index (χ0) is 23.2. The van der Waals surface area contributed by atoms with Crippen LogP contribution in [-0.4, -0.2) is 36.4 Å². The maximum atomic E-state index is 11.3. The van der Waals surface area contributed by atoms with E-state index in [1.165, 1.54) is 45.4 Å². The van der Waals surface area contributed by atoms with Crippen molar-refractivity contribution in [1.29, 1.82) is 0 Å². The largest absolute Gasteiger partial charge is 0.463 e. The molecule has 4 heteroatoms. The van der Waals surface area contributed by atoms with Gasteiger partial charge in [0.15, 0.2) is 0 Å². The SMILES string of the molecule is CCC(CCCC(C(CCCCNC)CCCC(C)(C)O)C(C)(C)CC)OC(C)=O. The van der Waals surface area contributed by atoms with Crippen molar-refractivity contribution in [2.75, 3.05) is 13.6 Å². The van der Waals surface area contributed by atoms with Gasteiger partial charge < -0.3 is 15.2 Å². The second-order valence-electron chi connectivity index (χ2n) is 10.6. The van der Waals surface area contributed by atoms with E-state index in [0.717, 1.165) is 38.6 Å². The Kier molecular flexibility index (Phi) is 14.9. The van der Waals surface area contributed by atoms with Crippen LogP contribution in [0.25, 0.3) is 0 Å². The number of carbonyl (C=O) groups excluding carboxylic acids is 1. The van der Waals surface area contributed by atoms with Crippen molar-refractivity contribution in [3.8, 4) is 0 Å². The van der Waals surface area contributed by atoms with Crippen molar-refractivity contribution >= 4 is 5.97 Å². The highest BCUT2D eigenvalue weighted by atomic mass is 16.5. The molecule has 0 spiro atoms. The van der Waals surface area contributed by atoms with E-state index >= 15 is 0 Å². The minimum atomic E-state index is -0.579. The van der Waals surface area contributed by atoms with E-state index in [0.29, 0.717) is 17.3 Å². The molecule has 0 saturated carbocycles. The van der Waals surface area contributed by atoms with Crippen LogP contribution in [-0.2, 0) is 9.53 Å². The lowest BCUT2D eigenvalue weighted by Crippen LogP contribution is -2.31. The molecule has 180 valence electrons. The lowest BCUT2D eigenvalue weighted by atomic mass is 9.65. The Morgan fingerprint density at radius 1 is 0.967 bits per heavy atom. The quantitative estimate of drug-likeness (QED) is 0.194. The summed E-state index contributed by atoms with van der Waals surface area (Å²) in [5.41, 5.74) is -0.281. The number of hydrogen-bond donors (Lipinski definition) is 2. The minimum absolute atomic E-state index is 0.0529. The molecule has 0 aliphatic rings. The first-order valence-electron chi connectivity index (χ1n) is 12.5. The molecule has 0 aromatic rings. The van der Waals surface area contributed by atoms with Crippen molar-refractivity contribution in [3.63, 3.8) is 0 Å². The van der Waals surface area contributed by atoms with Crippen LogP contribution in [0.4, 0.5) is 0 Å². The summed E-state index contributed by atoms with van der Waals surface area (Å²) in [6, 6.07) is 0. The van der Waals surface area contributed by atoms with Crippen molar-refractivity contribution < 1.29 is 14.6 Å². The molecule has 3 atom stereocenters. The van der Waals surface area contributed by atoms with Gasteiger partial charge in [-0.05, 0) is 83.2 Å². The molecule has 0 saturated heterocycles. The number of aliphatic hydroxyl groups is 1. The summed E-state index contributed by atoms with van der Waals surface area (Å²) >= 11 is 0. The Morgan fingerprint density at radius 3 is 2.10 bits per heavy atom. The number of carbonyl (C=O) groups is 1. The second kappa shape index (κ2) is 15.2. The topological polar surface area (TPSA) is 58.6 Å². The smallest absolute Gasteiger partial charge is 0.302 e. The molecule has 0 aliphatic carbocycles. The van der Waals surface area contributed by atoms with E-state index in [-0.39, 0.29) is 12.1 Å². The van der Waals surface area contributed by atoms with E-state index < -0.39 is 5.60 Å². The standard InChI is InChI=1S/C26H53NO3/c1-9-23(30-21(3)28)17-13-18-24(25(4,5)10-2)22(15-11-12-20-27-8)16-14-19-26(6,7)29/h22-24,27,29H,9-20H2,1-8H3. The van der Waals surface area contributed by atoms with Gasteiger partial charge in [-0.15, -0.1) is 0 Å². The van der Waals surface area contributed by atoms with Crippen LogP contribution in [0, 0.1) is 17.3 Å². The third kappa shape index (κ3) is 13.6. The van der Waals surface area contributed by atoms with Crippen LogP contribution in [0.5, 0.6) is 0 Å². The molecular weight excluding hydrogens is 374 g/mol. The van der Waals surface area contributed by atoms with Gasteiger partial charge in [0.05, 0.1) is 5.60 Å². The van der Waals surface area contributed by atoms with E-state index in [4.69, 9.17) is 4.74 Å². The molecule has 0 aliphatic heterocycles. The molecule has 3 unspecified atom stereocenters. The van der Waals surface area contributed by atoms with Crippen molar-refractivity contribution in [1.82, 2.24) is 5.32 Å². The van der Waals surface area contributed by atoms with Gasteiger partial charge in [0, 0.05) is 6.92 Å². The fraction of sp³-hybridized carbons (Fsp3) is 0.962. The molecule has 0 fully saturated rings. The van der Waals surface area contributed by atoms with Gasteiger partial charge >= 0.3 is 5.97 Å². The molecule has 0 heterocycles. The number of rotatable bonds is 18. The summed E-state index contributed by atoms with van der Waals surface area (Å²) in [5.74, 6) is 1.18. The molecule has 0 radical (unpaired) electrons. The van der Waals surface area contributed by atoms with E-state index in [9.17, 15) is 9.90 Å². The van der Waals surface area contributed by atoms with Gasteiger partial charge in [-0.3, -0.25) is 4.79 Å². The highest BCUT2D eigenvalue weighted by Gasteiger charge is 2.34. The van der Waals surface area contributed by atoms with Crippen LogP contribution in [0.2, 0.25) is 0 Å². The Balaban J connectivity index is 5.15. The van der Waals surface area contributed by atoms with E-state index in [1.54, 1.807) is 0 Å². The maximum absolute atomic E-state index is 11.3. The summed E-state index contributed by atoms with van der Waals surface area (Å²) in [5, 5.41) is 13.4. The number of ether oxygens (including phenoxy) is 1.